The minimum absolute atomic E-state index is 0.0331. The second-order valence-corrected chi connectivity index (χ2v) is 7.67. The lowest BCUT2D eigenvalue weighted by atomic mass is 9.75. The molecule has 1 atom stereocenters. The van der Waals surface area contributed by atoms with E-state index >= 15 is 0 Å². The van der Waals surface area contributed by atoms with Gasteiger partial charge in [0, 0.05) is 35.2 Å². The van der Waals surface area contributed by atoms with E-state index < -0.39 is 22.8 Å². The van der Waals surface area contributed by atoms with E-state index in [1.807, 2.05) is 13.8 Å². The summed E-state index contributed by atoms with van der Waals surface area (Å²) < 4.78 is 5.69. The zero-order chi connectivity index (χ0) is 20.6. The predicted molar refractivity (Wildman–Crippen MR) is 98.5 cm³/mol. The van der Waals surface area contributed by atoms with E-state index in [0.29, 0.717) is 29.7 Å². The number of nitrogens with one attached hydrogen (secondary N) is 2. The van der Waals surface area contributed by atoms with Gasteiger partial charge in [0.25, 0.3) is 11.6 Å². The molecule has 28 heavy (non-hydrogen) atoms. The molecule has 1 aromatic carbocycles. The Kier molecular flexibility index (Phi) is 4.95. The first-order chi connectivity index (χ1) is 13.1. The molecular weight excluding hydrogens is 366 g/mol. The average molecular weight is 387 g/mol. The van der Waals surface area contributed by atoms with Crippen molar-refractivity contribution < 1.29 is 24.0 Å². The molecule has 0 bridgehead atoms. The van der Waals surface area contributed by atoms with Crippen LogP contribution in [0.1, 0.15) is 64.2 Å². The first-order valence-electron chi connectivity index (χ1n) is 8.74. The van der Waals surface area contributed by atoms with Gasteiger partial charge in [-0.15, -0.1) is 0 Å². The lowest BCUT2D eigenvalue weighted by Crippen LogP contribution is -2.41. The van der Waals surface area contributed by atoms with Crippen LogP contribution in [-0.2, 0) is 6.42 Å². The Balaban J connectivity index is 1.70. The molecule has 0 spiro atoms. The Labute approximate surface area is 160 Å². The van der Waals surface area contributed by atoms with Gasteiger partial charge in [-0.1, -0.05) is 13.8 Å². The summed E-state index contributed by atoms with van der Waals surface area (Å²) in [6, 6.07) is 4.97. The smallest absolute Gasteiger partial charge is 0.305 e. The number of nitro groups is 1. The normalized spacial score (nSPS) is 17.5. The number of nitrogens with zero attached hydrogens (tertiary/aromatic N) is 1. The molecule has 1 aliphatic rings. The van der Waals surface area contributed by atoms with Gasteiger partial charge >= 0.3 is 5.91 Å². The number of hydrogen-bond donors (Lipinski definition) is 3. The van der Waals surface area contributed by atoms with E-state index in [1.54, 1.807) is 6.92 Å². The van der Waals surface area contributed by atoms with E-state index in [0.717, 1.165) is 0 Å². The number of non-ortho nitro benzene ring substituents is 1. The summed E-state index contributed by atoms with van der Waals surface area (Å²) in [5.74, 6) is -0.663. The van der Waals surface area contributed by atoms with Gasteiger partial charge in [0.05, 0.1) is 11.0 Å². The van der Waals surface area contributed by atoms with Crippen molar-refractivity contribution in [3.63, 3.8) is 0 Å². The molecule has 9 heteroatoms. The summed E-state index contributed by atoms with van der Waals surface area (Å²) in [5.41, 5.74) is 5.56. The highest BCUT2D eigenvalue weighted by Crippen LogP contribution is 2.43. The second kappa shape index (κ2) is 7.08. The van der Waals surface area contributed by atoms with Gasteiger partial charge in [-0.05, 0) is 30.9 Å². The van der Waals surface area contributed by atoms with Gasteiger partial charge in [0.15, 0.2) is 5.76 Å². The molecule has 1 heterocycles. The molecule has 148 valence electrons. The van der Waals surface area contributed by atoms with Gasteiger partial charge in [-0.3, -0.25) is 30.6 Å². The second-order valence-electron chi connectivity index (χ2n) is 7.67. The zero-order valence-corrected chi connectivity index (χ0v) is 15.7. The third kappa shape index (κ3) is 3.74. The minimum atomic E-state index is -0.709. The molecule has 1 aromatic heterocycles. The van der Waals surface area contributed by atoms with Crippen molar-refractivity contribution in [2.45, 2.75) is 39.7 Å². The van der Waals surface area contributed by atoms with Crippen LogP contribution in [-0.4, -0.2) is 21.8 Å². The molecular formula is C19H21N3O6. The van der Waals surface area contributed by atoms with Gasteiger partial charge < -0.3 is 9.52 Å². The van der Waals surface area contributed by atoms with E-state index in [4.69, 9.17) is 4.42 Å². The highest BCUT2D eigenvalue weighted by atomic mass is 16.6. The summed E-state index contributed by atoms with van der Waals surface area (Å²) in [6.07, 6.45) is 0.458. The largest absolute Gasteiger partial charge is 0.455 e. The van der Waals surface area contributed by atoms with Crippen LogP contribution in [0, 0.1) is 22.5 Å². The minimum Gasteiger partial charge on any atom is -0.455 e. The van der Waals surface area contributed by atoms with Crippen LogP contribution in [0.5, 0.6) is 0 Å². The molecule has 3 rings (SSSR count). The van der Waals surface area contributed by atoms with Crippen LogP contribution in [0.3, 0.4) is 0 Å². The number of amides is 2. The first-order valence-corrected chi connectivity index (χ1v) is 8.74. The van der Waals surface area contributed by atoms with Crippen molar-refractivity contribution in [3.05, 3.63) is 62.6 Å². The molecule has 0 aliphatic heterocycles. The zero-order valence-electron chi connectivity index (χ0n) is 15.7. The van der Waals surface area contributed by atoms with Gasteiger partial charge in [0.1, 0.15) is 5.76 Å². The standard InChI is InChI=1S/C19H21N3O6/c1-10-15-13(23)8-19(2,3)9-14(15)28-16(10)18(25)21-20-17(24)11-4-6-12(7-5-11)22(26)27/h4-7,13,23H,8-9H2,1-3H3,(H,20,24)(H,21,25). The molecule has 0 saturated carbocycles. The number of hydrogen-bond acceptors (Lipinski definition) is 6. The Morgan fingerprint density at radius 2 is 1.82 bits per heavy atom. The Bertz CT molecular complexity index is 945. The topological polar surface area (TPSA) is 135 Å². The lowest BCUT2D eigenvalue weighted by Gasteiger charge is -2.31. The third-order valence-corrected chi connectivity index (χ3v) is 4.82. The number of benzene rings is 1. The maximum absolute atomic E-state index is 12.4. The summed E-state index contributed by atoms with van der Waals surface area (Å²) in [5, 5.41) is 21.0. The molecule has 1 unspecified atom stereocenters. The van der Waals surface area contributed by atoms with Crippen LogP contribution in [0.15, 0.2) is 28.7 Å². The number of fused-ring (bicyclic) bond motifs is 1. The summed E-state index contributed by atoms with van der Waals surface area (Å²) in [6.45, 7) is 5.72. The molecule has 0 radical (unpaired) electrons. The molecule has 2 aromatic rings. The number of aliphatic hydroxyl groups is 1. The quantitative estimate of drug-likeness (QED) is 0.547. The monoisotopic (exact) mass is 387 g/mol. The lowest BCUT2D eigenvalue weighted by molar-refractivity contribution is -0.384. The highest BCUT2D eigenvalue weighted by molar-refractivity contribution is 5.98. The summed E-state index contributed by atoms with van der Waals surface area (Å²) in [7, 11) is 0. The fourth-order valence-electron chi connectivity index (χ4n) is 3.48. The number of hydrazine groups is 1. The molecule has 2 amide bonds. The van der Waals surface area contributed by atoms with Crippen molar-refractivity contribution in [3.8, 4) is 0 Å². The Hall–Kier alpha value is -3.20. The van der Waals surface area contributed by atoms with Crippen LogP contribution < -0.4 is 10.9 Å². The van der Waals surface area contributed by atoms with E-state index in [1.165, 1.54) is 24.3 Å². The van der Waals surface area contributed by atoms with Crippen LogP contribution in [0.2, 0.25) is 0 Å². The fourth-order valence-corrected chi connectivity index (χ4v) is 3.48. The third-order valence-electron chi connectivity index (χ3n) is 4.82. The SMILES string of the molecule is Cc1c(C(=O)NNC(=O)c2ccc([N+](=O)[O-])cc2)oc2c1C(O)CC(C)(C)C2. The summed E-state index contributed by atoms with van der Waals surface area (Å²) in [4.78, 5) is 34.6. The molecule has 3 N–H and O–H groups in total. The number of nitro benzene ring substituents is 1. The van der Waals surface area contributed by atoms with Gasteiger partial charge in [-0.2, -0.15) is 0 Å². The van der Waals surface area contributed by atoms with Gasteiger partial charge in [0.2, 0.25) is 0 Å². The average Bonchev–Trinajstić information content (AvgIpc) is 2.94. The van der Waals surface area contributed by atoms with Crippen LogP contribution >= 0.6 is 0 Å². The maximum atomic E-state index is 12.4. The van der Waals surface area contributed by atoms with Crippen molar-refractivity contribution in [1.29, 1.82) is 0 Å². The highest BCUT2D eigenvalue weighted by Gasteiger charge is 2.37. The summed E-state index contributed by atoms with van der Waals surface area (Å²) >= 11 is 0. The molecule has 9 nitrogen and oxygen atoms in total. The molecule has 0 fully saturated rings. The number of aliphatic hydroxyl groups excluding tert-OH is 1. The van der Waals surface area contributed by atoms with E-state index in [2.05, 4.69) is 10.9 Å². The number of furan rings is 1. The van der Waals surface area contributed by atoms with Crippen LogP contribution in [0.4, 0.5) is 5.69 Å². The number of carbonyl (C=O) groups excluding carboxylic acids is 2. The molecule has 1 aliphatic carbocycles. The van der Waals surface area contributed by atoms with Crippen molar-refractivity contribution in [1.82, 2.24) is 10.9 Å². The van der Waals surface area contributed by atoms with Crippen LogP contribution in [0.25, 0.3) is 0 Å². The van der Waals surface area contributed by atoms with E-state index in [-0.39, 0.29) is 22.4 Å². The fraction of sp³-hybridized carbons (Fsp3) is 0.368. The first kappa shape index (κ1) is 19.6. The predicted octanol–water partition coefficient (Wildman–Crippen LogP) is 2.58. The van der Waals surface area contributed by atoms with Crippen molar-refractivity contribution in [2.24, 2.45) is 5.41 Å². The maximum Gasteiger partial charge on any atom is 0.305 e. The van der Waals surface area contributed by atoms with Crippen molar-refractivity contribution in [2.75, 3.05) is 0 Å². The Morgan fingerprint density at radius 3 is 2.43 bits per heavy atom. The molecule has 0 saturated heterocycles. The Morgan fingerprint density at radius 1 is 1.21 bits per heavy atom. The van der Waals surface area contributed by atoms with E-state index in [9.17, 15) is 24.8 Å². The van der Waals surface area contributed by atoms with Gasteiger partial charge in [-0.25, -0.2) is 0 Å². The number of rotatable bonds is 3. The van der Waals surface area contributed by atoms with Crippen molar-refractivity contribution >= 4 is 17.5 Å². The number of carbonyl (C=O) groups is 2.